The molecule has 0 aliphatic rings. The van der Waals surface area contributed by atoms with Crippen molar-refractivity contribution >= 4 is 39.1 Å². The quantitative estimate of drug-likeness (QED) is 0.356. The number of aryl methyl sites for hydroxylation is 2. The van der Waals surface area contributed by atoms with Gasteiger partial charge in [0, 0.05) is 24.0 Å². The molecule has 3 rings (SSSR count). The lowest BCUT2D eigenvalue weighted by molar-refractivity contribution is -0.140. The summed E-state index contributed by atoms with van der Waals surface area (Å²) < 4.78 is 26.9. The summed E-state index contributed by atoms with van der Waals surface area (Å²) in [6, 6.07) is 21.0. The van der Waals surface area contributed by atoms with Crippen LogP contribution in [0.3, 0.4) is 0 Å². The minimum atomic E-state index is -3.84. The molecule has 9 heteroatoms. The van der Waals surface area contributed by atoms with Crippen molar-refractivity contribution in [3.8, 4) is 0 Å². The molecule has 1 N–H and O–H groups in total. The number of halogens is 1. The van der Waals surface area contributed by atoms with Gasteiger partial charge in [-0.25, -0.2) is 8.42 Å². The van der Waals surface area contributed by atoms with E-state index in [0.29, 0.717) is 16.3 Å². The second-order valence-electron chi connectivity index (χ2n) is 10.1. The van der Waals surface area contributed by atoms with Gasteiger partial charge < -0.3 is 10.2 Å². The molecule has 7 nitrogen and oxygen atoms in total. The second kappa shape index (κ2) is 13.1. The van der Waals surface area contributed by atoms with Crippen LogP contribution in [-0.2, 0) is 32.6 Å². The Morgan fingerprint density at radius 3 is 2.13 bits per heavy atom. The molecular formula is C30H36ClN3O4S. The Morgan fingerprint density at radius 1 is 0.923 bits per heavy atom. The van der Waals surface area contributed by atoms with Gasteiger partial charge >= 0.3 is 0 Å². The Kier molecular flexibility index (Phi) is 10.2. The molecule has 0 saturated heterocycles. The number of nitrogens with zero attached hydrogens (tertiary/aromatic N) is 2. The van der Waals surface area contributed by atoms with Crippen molar-refractivity contribution in [2.75, 3.05) is 17.1 Å². The van der Waals surface area contributed by atoms with Gasteiger partial charge in [0.1, 0.15) is 12.6 Å². The Balaban J connectivity index is 2.07. The summed E-state index contributed by atoms with van der Waals surface area (Å²) in [6.07, 6.45) is 1.33. The van der Waals surface area contributed by atoms with Crippen molar-refractivity contribution in [3.63, 3.8) is 0 Å². The highest BCUT2D eigenvalue weighted by Gasteiger charge is 2.33. The van der Waals surface area contributed by atoms with E-state index in [1.54, 1.807) is 25.1 Å². The number of anilines is 1. The number of hydrogen-bond acceptors (Lipinski definition) is 4. The zero-order valence-corrected chi connectivity index (χ0v) is 24.6. The van der Waals surface area contributed by atoms with Crippen molar-refractivity contribution in [2.45, 2.75) is 52.7 Å². The molecule has 208 valence electrons. The largest absolute Gasteiger partial charge is 0.352 e. The number of sulfonamides is 1. The van der Waals surface area contributed by atoms with Gasteiger partial charge in [-0.15, -0.1) is 0 Å². The number of rotatable bonds is 11. The molecule has 0 spiro atoms. The van der Waals surface area contributed by atoms with Crippen molar-refractivity contribution in [1.29, 1.82) is 0 Å². The van der Waals surface area contributed by atoms with Gasteiger partial charge in [0.2, 0.25) is 21.8 Å². The van der Waals surface area contributed by atoms with Crippen molar-refractivity contribution in [1.82, 2.24) is 10.2 Å². The molecule has 0 heterocycles. The molecule has 0 saturated carbocycles. The summed E-state index contributed by atoms with van der Waals surface area (Å²) in [5.41, 5.74) is 3.76. The van der Waals surface area contributed by atoms with Gasteiger partial charge in [0.05, 0.1) is 11.9 Å². The predicted octanol–water partition coefficient (Wildman–Crippen LogP) is 4.89. The Labute approximate surface area is 236 Å². The minimum absolute atomic E-state index is 0.138. The van der Waals surface area contributed by atoms with Crippen LogP contribution < -0.4 is 9.62 Å². The van der Waals surface area contributed by atoms with E-state index in [2.05, 4.69) is 5.32 Å². The van der Waals surface area contributed by atoms with Crippen LogP contribution in [0.4, 0.5) is 5.69 Å². The third kappa shape index (κ3) is 8.57. The highest BCUT2D eigenvalue weighted by Crippen LogP contribution is 2.26. The third-order valence-electron chi connectivity index (χ3n) is 6.28. The van der Waals surface area contributed by atoms with Crippen molar-refractivity contribution in [2.24, 2.45) is 0 Å². The smallest absolute Gasteiger partial charge is 0.244 e. The highest BCUT2D eigenvalue weighted by atomic mass is 35.5. The molecule has 0 fully saturated rings. The second-order valence-corrected chi connectivity index (χ2v) is 12.4. The van der Waals surface area contributed by atoms with E-state index >= 15 is 0 Å². The van der Waals surface area contributed by atoms with Crippen LogP contribution in [0.1, 0.15) is 36.1 Å². The van der Waals surface area contributed by atoms with Gasteiger partial charge in [0.25, 0.3) is 0 Å². The van der Waals surface area contributed by atoms with Crippen LogP contribution in [0.5, 0.6) is 0 Å². The number of hydrogen-bond donors (Lipinski definition) is 1. The number of amides is 2. The van der Waals surface area contributed by atoms with E-state index in [1.807, 2.05) is 75.4 Å². The summed E-state index contributed by atoms with van der Waals surface area (Å²) in [5.74, 6) is -0.793. The maximum Gasteiger partial charge on any atom is 0.244 e. The van der Waals surface area contributed by atoms with Gasteiger partial charge in [0.15, 0.2) is 0 Å². The average Bonchev–Trinajstić information content (AvgIpc) is 2.85. The van der Waals surface area contributed by atoms with E-state index in [0.717, 1.165) is 27.3 Å². The predicted molar refractivity (Wildman–Crippen MR) is 157 cm³/mol. The van der Waals surface area contributed by atoms with Crippen LogP contribution in [0, 0.1) is 13.8 Å². The number of carbonyl (C=O) groups is 2. The zero-order valence-electron chi connectivity index (χ0n) is 23.0. The van der Waals surface area contributed by atoms with Gasteiger partial charge in [-0.3, -0.25) is 13.9 Å². The Morgan fingerprint density at radius 2 is 1.56 bits per heavy atom. The van der Waals surface area contributed by atoms with Crippen molar-refractivity contribution < 1.29 is 18.0 Å². The molecule has 3 aromatic rings. The summed E-state index contributed by atoms with van der Waals surface area (Å²) in [5, 5.41) is 3.41. The molecule has 39 heavy (non-hydrogen) atoms. The van der Waals surface area contributed by atoms with Gasteiger partial charge in [-0.05, 0) is 62.6 Å². The fourth-order valence-electron chi connectivity index (χ4n) is 4.32. The normalized spacial score (nSPS) is 12.2. The summed E-state index contributed by atoms with van der Waals surface area (Å²) >= 11 is 6.10. The first-order chi connectivity index (χ1) is 18.3. The van der Waals surface area contributed by atoms with Crippen LogP contribution in [0.15, 0.2) is 72.8 Å². The van der Waals surface area contributed by atoms with E-state index in [1.165, 1.54) is 4.90 Å². The fraction of sp³-hybridized carbons (Fsp3) is 0.333. The maximum absolute atomic E-state index is 14.1. The molecule has 0 aliphatic carbocycles. The Bertz CT molecular complexity index is 1390. The van der Waals surface area contributed by atoms with Gasteiger partial charge in [-0.1, -0.05) is 71.8 Å². The maximum atomic E-state index is 14.1. The van der Waals surface area contributed by atoms with E-state index in [-0.39, 0.29) is 24.9 Å². The van der Waals surface area contributed by atoms with Crippen LogP contribution in [-0.4, -0.2) is 50.0 Å². The molecule has 0 aromatic heterocycles. The highest BCUT2D eigenvalue weighted by molar-refractivity contribution is 7.92. The lowest BCUT2D eigenvalue weighted by atomic mass is 10.0. The van der Waals surface area contributed by atoms with E-state index in [9.17, 15) is 18.0 Å². The summed E-state index contributed by atoms with van der Waals surface area (Å²) in [6.45, 7) is 7.10. The zero-order chi connectivity index (χ0) is 28.7. The number of carbonyl (C=O) groups excluding carboxylic acids is 2. The summed E-state index contributed by atoms with van der Waals surface area (Å²) in [4.78, 5) is 29.1. The monoisotopic (exact) mass is 569 g/mol. The van der Waals surface area contributed by atoms with Crippen molar-refractivity contribution in [3.05, 3.63) is 100 Å². The molecule has 0 unspecified atom stereocenters. The summed E-state index contributed by atoms with van der Waals surface area (Å²) in [7, 11) is -3.84. The topological polar surface area (TPSA) is 86.8 Å². The molecule has 0 bridgehead atoms. The number of benzene rings is 3. The molecule has 0 aliphatic heterocycles. The molecule has 1 atom stereocenters. The average molecular weight is 570 g/mol. The van der Waals surface area contributed by atoms with E-state index < -0.39 is 28.5 Å². The molecule has 3 aromatic carbocycles. The Hall–Kier alpha value is -3.36. The lowest BCUT2D eigenvalue weighted by Gasteiger charge is -2.34. The first-order valence-corrected chi connectivity index (χ1v) is 15.0. The molecule has 2 amide bonds. The fourth-order valence-corrected chi connectivity index (χ4v) is 5.45. The van der Waals surface area contributed by atoms with E-state index in [4.69, 9.17) is 11.6 Å². The lowest BCUT2D eigenvalue weighted by Crippen LogP contribution is -2.54. The van der Waals surface area contributed by atoms with Crippen LogP contribution in [0.25, 0.3) is 0 Å². The van der Waals surface area contributed by atoms with Gasteiger partial charge in [-0.2, -0.15) is 0 Å². The minimum Gasteiger partial charge on any atom is -0.352 e. The SMILES string of the molecule is Cc1ccc(CN(C(=O)CN(c2ccc(Cl)cc2C)S(C)(=O)=O)[C@@H](Cc2ccccc2)C(=O)NC(C)C)cc1. The van der Waals surface area contributed by atoms with Crippen LogP contribution >= 0.6 is 11.6 Å². The van der Waals surface area contributed by atoms with Crippen LogP contribution in [0.2, 0.25) is 5.02 Å². The standard InChI is InChI=1S/C30H36ClN3O4S/c1-21(2)32-30(36)28(18-24-9-7-6-8-10-24)33(19-25-13-11-22(3)12-14-25)29(35)20-34(39(5,37)38)27-16-15-26(31)17-23(27)4/h6-17,21,28H,18-20H2,1-5H3,(H,32,36)/t28-/m0/s1. The number of nitrogens with one attached hydrogen (secondary N) is 1. The first kappa shape index (κ1) is 30.2. The molecular weight excluding hydrogens is 534 g/mol. The molecule has 0 radical (unpaired) electrons. The first-order valence-electron chi connectivity index (χ1n) is 12.8. The third-order valence-corrected chi connectivity index (χ3v) is 7.64.